The van der Waals surface area contributed by atoms with Crippen LogP contribution >= 0.6 is 11.6 Å². The van der Waals surface area contributed by atoms with E-state index in [0.717, 1.165) is 5.56 Å². The molecule has 0 radical (unpaired) electrons. The number of nitro groups is 1. The van der Waals surface area contributed by atoms with Gasteiger partial charge < -0.3 is 10.6 Å². The molecule has 1 aromatic heterocycles. The van der Waals surface area contributed by atoms with Gasteiger partial charge in [0.25, 0.3) is 11.6 Å². The van der Waals surface area contributed by atoms with Crippen LogP contribution in [-0.4, -0.2) is 15.8 Å². The highest BCUT2D eigenvalue weighted by molar-refractivity contribution is 6.31. The fourth-order valence-corrected chi connectivity index (χ4v) is 2.99. The molecule has 0 aliphatic rings. The van der Waals surface area contributed by atoms with Gasteiger partial charge in [-0.2, -0.15) is 0 Å². The first-order valence-electron chi connectivity index (χ1n) is 8.93. The summed E-state index contributed by atoms with van der Waals surface area (Å²) in [5.74, 6) is -0.413. The molecule has 0 saturated carbocycles. The van der Waals surface area contributed by atoms with E-state index < -0.39 is 10.8 Å². The van der Waals surface area contributed by atoms with Crippen LogP contribution in [0.1, 0.15) is 34.6 Å². The van der Waals surface area contributed by atoms with Crippen LogP contribution in [0.4, 0.5) is 11.4 Å². The summed E-state index contributed by atoms with van der Waals surface area (Å²) in [6.07, 6.45) is 1.64. The Hall–Kier alpha value is -3.45. The number of pyridine rings is 1. The van der Waals surface area contributed by atoms with Crippen molar-refractivity contribution in [1.29, 1.82) is 0 Å². The van der Waals surface area contributed by atoms with Crippen molar-refractivity contribution in [3.63, 3.8) is 0 Å². The van der Waals surface area contributed by atoms with Gasteiger partial charge in [0, 0.05) is 29.4 Å². The molecule has 1 amide bonds. The lowest BCUT2D eigenvalue weighted by molar-refractivity contribution is -0.384. The van der Waals surface area contributed by atoms with Crippen LogP contribution in [0, 0.1) is 10.1 Å². The lowest BCUT2D eigenvalue weighted by Gasteiger charge is -2.14. The first kappa shape index (κ1) is 20.3. The molecule has 8 heteroatoms. The molecule has 1 unspecified atom stereocenters. The SMILES string of the molecule is CC(NC(=O)c1ccc(NCc2ccccc2Cl)c([N+](=O)[O-])c1)c1ccccn1. The number of nitro benzene ring substituents is 1. The second-order valence-electron chi connectivity index (χ2n) is 6.38. The number of halogens is 1. The zero-order chi connectivity index (χ0) is 20.8. The Labute approximate surface area is 172 Å². The Morgan fingerprint density at radius 3 is 2.62 bits per heavy atom. The lowest BCUT2D eigenvalue weighted by atomic mass is 10.1. The summed E-state index contributed by atoms with van der Waals surface area (Å²) in [6.45, 7) is 2.12. The highest BCUT2D eigenvalue weighted by atomic mass is 35.5. The van der Waals surface area contributed by atoms with E-state index in [4.69, 9.17) is 11.6 Å². The summed E-state index contributed by atoms with van der Waals surface area (Å²) < 4.78 is 0. The maximum Gasteiger partial charge on any atom is 0.293 e. The van der Waals surface area contributed by atoms with Crippen molar-refractivity contribution in [2.45, 2.75) is 19.5 Å². The zero-order valence-electron chi connectivity index (χ0n) is 15.6. The van der Waals surface area contributed by atoms with Gasteiger partial charge in [-0.15, -0.1) is 0 Å². The predicted molar refractivity (Wildman–Crippen MR) is 112 cm³/mol. The van der Waals surface area contributed by atoms with Gasteiger partial charge in [-0.05, 0) is 42.8 Å². The Morgan fingerprint density at radius 2 is 1.93 bits per heavy atom. The van der Waals surface area contributed by atoms with Crippen molar-refractivity contribution in [1.82, 2.24) is 10.3 Å². The lowest BCUT2D eigenvalue weighted by Crippen LogP contribution is -2.27. The van der Waals surface area contributed by atoms with Crippen molar-refractivity contribution in [3.05, 3.63) is 98.8 Å². The number of nitrogens with one attached hydrogen (secondary N) is 2. The molecular formula is C21H19ClN4O3. The van der Waals surface area contributed by atoms with Crippen LogP contribution < -0.4 is 10.6 Å². The summed E-state index contributed by atoms with van der Waals surface area (Å²) in [7, 11) is 0. The molecule has 0 spiro atoms. The number of benzene rings is 2. The van der Waals surface area contributed by atoms with Gasteiger partial charge in [0.2, 0.25) is 0 Å². The number of amides is 1. The minimum atomic E-state index is -0.520. The minimum Gasteiger partial charge on any atom is -0.375 e. The van der Waals surface area contributed by atoms with Gasteiger partial charge in [-0.1, -0.05) is 35.9 Å². The number of nitrogens with zero attached hydrogens (tertiary/aromatic N) is 2. The minimum absolute atomic E-state index is 0.185. The molecule has 29 heavy (non-hydrogen) atoms. The largest absolute Gasteiger partial charge is 0.375 e. The first-order chi connectivity index (χ1) is 14.0. The molecule has 0 saturated heterocycles. The van der Waals surface area contributed by atoms with E-state index in [0.29, 0.717) is 22.9 Å². The fraction of sp³-hybridized carbons (Fsp3) is 0.143. The van der Waals surface area contributed by atoms with Crippen LogP contribution in [0.3, 0.4) is 0 Å². The molecule has 148 valence electrons. The molecular weight excluding hydrogens is 392 g/mol. The van der Waals surface area contributed by atoms with Gasteiger partial charge in [-0.25, -0.2) is 0 Å². The van der Waals surface area contributed by atoms with E-state index in [9.17, 15) is 14.9 Å². The molecule has 3 aromatic rings. The van der Waals surface area contributed by atoms with Gasteiger partial charge in [0.15, 0.2) is 0 Å². The molecule has 0 bridgehead atoms. The third-order valence-electron chi connectivity index (χ3n) is 4.36. The summed E-state index contributed by atoms with van der Waals surface area (Å²) in [5, 5.41) is 17.9. The number of anilines is 1. The first-order valence-corrected chi connectivity index (χ1v) is 9.31. The van der Waals surface area contributed by atoms with Crippen molar-refractivity contribution in [2.75, 3.05) is 5.32 Å². The van der Waals surface area contributed by atoms with Crippen molar-refractivity contribution in [3.8, 4) is 0 Å². The Bertz CT molecular complexity index is 1030. The molecule has 1 heterocycles. The molecule has 0 aliphatic heterocycles. The van der Waals surface area contributed by atoms with Gasteiger partial charge in [-0.3, -0.25) is 19.9 Å². The fourth-order valence-electron chi connectivity index (χ4n) is 2.79. The average molecular weight is 411 g/mol. The van der Waals surface area contributed by atoms with Crippen LogP contribution in [0.15, 0.2) is 66.9 Å². The number of hydrogen-bond acceptors (Lipinski definition) is 5. The smallest absolute Gasteiger partial charge is 0.293 e. The second kappa shape index (κ2) is 9.16. The maximum absolute atomic E-state index is 12.5. The maximum atomic E-state index is 12.5. The van der Waals surface area contributed by atoms with E-state index in [1.807, 2.05) is 24.3 Å². The van der Waals surface area contributed by atoms with Gasteiger partial charge in [0.05, 0.1) is 16.7 Å². The molecule has 0 fully saturated rings. The highest BCUT2D eigenvalue weighted by Gasteiger charge is 2.19. The van der Waals surface area contributed by atoms with E-state index in [1.54, 1.807) is 37.4 Å². The standard InChI is InChI=1S/C21H19ClN4O3/c1-14(18-8-4-5-11-23-18)25-21(27)15-9-10-19(20(12-15)26(28)29)24-13-16-6-2-3-7-17(16)22/h2-12,14,24H,13H2,1H3,(H,25,27). The van der Waals surface area contributed by atoms with E-state index in [2.05, 4.69) is 15.6 Å². The number of carbonyl (C=O) groups is 1. The van der Waals surface area contributed by atoms with Crippen molar-refractivity contribution < 1.29 is 9.72 Å². The molecule has 0 aliphatic carbocycles. The molecule has 2 aromatic carbocycles. The van der Waals surface area contributed by atoms with Gasteiger partial charge in [0.1, 0.15) is 5.69 Å². The molecule has 2 N–H and O–H groups in total. The number of aromatic nitrogens is 1. The summed E-state index contributed by atoms with van der Waals surface area (Å²) >= 11 is 6.13. The highest BCUT2D eigenvalue weighted by Crippen LogP contribution is 2.27. The van der Waals surface area contributed by atoms with E-state index >= 15 is 0 Å². The number of carbonyl (C=O) groups excluding carboxylic acids is 1. The van der Waals surface area contributed by atoms with Crippen molar-refractivity contribution in [2.24, 2.45) is 0 Å². The van der Waals surface area contributed by atoms with Crippen LogP contribution in [0.2, 0.25) is 5.02 Å². The van der Waals surface area contributed by atoms with E-state index in [1.165, 1.54) is 12.1 Å². The van der Waals surface area contributed by atoms with E-state index in [-0.39, 0.29) is 17.3 Å². The average Bonchev–Trinajstić information content (AvgIpc) is 2.73. The monoisotopic (exact) mass is 410 g/mol. The number of rotatable bonds is 7. The summed E-state index contributed by atoms with van der Waals surface area (Å²) in [6, 6.07) is 16.7. The summed E-state index contributed by atoms with van der Waals surface area (Å²) in [4.78, 5) is 27.7. The van der Waals surface area contributed by atoms with Gasteiger partial charge >= 0.3 is 0 Å². The Balaban J connectivity index is 1.76. The quantitative estimate of drug-likeness (QED) is 0.433. The van der Waals surface area contributed by atoms with Crippen LogP contribution in [0.25, 0.3) is 0 Å². The Morgan fingerprint density at radius 1 is 1.17 bits per heavy atom. The molecule has 7 nitrogen and oxygen atoms in total. The normalized spacial score (nSPS) is 11.5. The van der Waals surface area contributed by atoms with Crippen LogP contribution in [-0.2, 0) is 6.54 Å². The third kappa shape index (κ3) is 5.08. The zero-order valence-corrected chi connectivity index (χ0v) is 16.4. The molecule has 3 rings (SSSR count). The Kier molecular flexibility index (Phi) is 6.41. The van der Waals surface area contributed by atoms with Crippen molar-refractivity contribution >= 4 is 28.9 Å². The molecule has 1 atom stereocenters. The summed E-state index contributed by atoms with van der Waals surface area (Å²) in [5.41, 5.74) is 1.84. The predicted octanol–water partition coefficient (Wildman–Crippen LogP) is 4.75. The third-order valence-corrected chi connectivity index (χ3v) is 4.73. The number of hydrogen-bond donors (Lipinski definition) is 2. The second-order valence-corrected chi connectivity index (χ2v) is 6.79. The van der Waals surface area contributed by atoms with Crippen LogP contribution in [0.5, 0.6) is 0 Å². The topological polar surface area (TPSA) is 97.2 Å².